The Morgan fingerprint density at radius 1 is 1.17 bits per heavy atom. The van der Waals surface area contributed by atoms with E-state index in [0.29, 0.717) is 22.7 Å². The van der Waals surface area contributed by atoms with Crippen LogP contribution < -0.4 is 14.8 Å². The molecule has 1 N–H and O–H groups in total. The molecule has 2 aromatic rings. The lowest BCUT2D eigenvalue weighted by Gasteiger charge is -2.11. The van der Waals surface area contributed by atoms with Crippen molar-refractivity contribution < 1.29 is 19.2 Å². The number of nitro benzene ring substituents is 1. The monoisotopic (exact) mass is 316 g/mol. The van der Waals surface area contributed by atoms with E-state index in [0.717, 1.165) is 0 Å². The first kappa shape index (κ1) is 16.3. The van der Waals surface area contributed by atoms with Crippen molar-refractivity contribution in [2.45, 2.75) is 6.92 Å². The summed E-state index contributed by atoms with van der Waals surface area (Å²) >= 11 is 0. The first-order valence-electron chi connectivity index (χ1n) is 6.82. The van der Waals surface area contributed by atoms with Crippen molar-refractivity contribution in [2.75, 3.05) is 19.0 Å². The number of carbonyl (C=O) groups excluding carboxylic acids is 1. The number of carbonyl (C=O) groups is 1. The van der Waals surface area contributed by atoms with Crippen LogP contribution in [-0.2, 0) is 4.79 Å². The molecule has 7 heteroatoms. The zero-order valence-corrected chi connectivity index (χ0v) is 12.7. The molecule has 7 nitrogen and oxygen atoms in total. The van der Waals surface area contributed by atoms with Crippen molar-refractivity contribution in [1.82, 2.24) is 0 Å². The van der Waals surface area contributed by atoms with Crippen molar-refractivity contribution in [3.05, 3.63) is 58.1 Å². The predicted octanol–water partition coefficient (Wildman–Crippen LogP) is 2.93. The summed E-state index contributed by atoms with van der Waals surface area (Å²) in [7, 11) is 1.51. The van der Waals surface area contributed by atoms with E-state index in [1.165, 1.54) is 19.2 Å². The maximum atomic E-state index is 12.0. The summed E-state index contributed by atoms with van der Waals surface area (Å²) in [5.74, 6) is 0.548. The van der Waals surface area contributed by atoms with Gasteiger partial charge in [0.05, 0.1) is 23.3 Å². The van der Waals surface area contributed by atoms with Crippen LogP contribution in [-0.4, -0.2) is 24.5 Å². The molecule has 0 aromatic heterocycles. The van der Waals surface area contributed by atoms with E-state index >= 15 is 0 Å². The highest BCUT2D eigenvalue weighted by atomic mass is 16.6. The fraction of sp³-hybridized carbons (Fsp3) is 0.188. The number of rotatable bonds is 6. The highest BCUT2D eigenvalue weighted by Crippen LogP contribution is 2.26. The molecule has 0 unspecified atom stereocenters. The minimum Gasteiger partial charge on any atom is -0.493 e. The van der Waals surface area contributed by atoms with Crippen LogP contribution in [0.15, 0.2) is 42.5 Å². The van der Waals surface area contributed by atoms with Gasteiger partial charge in [0.15, 0.2) is 18.1 Å². The molecule has 0 fully saturated rings. The van der Waals surface area contributed by atoms with Crippen LogP contribution in [0.5, 0.6) is 11.5 Å². The molecule has 2 aromatic carbocycles. The molecule has 2 rings (SSSR count). The summed E-state index contributed by atoms with van der Waals surface area (Å²) in [6.45, 7) is 1.34. The fourth-order valence-corrected chi connectivity index (χ4v) is 2.02. The Hall–Kier alpha value is -3.09. The number of para-hydroxylation sites is 2. The molecular weight excluding hydrogens is 300 g/mol. The average molecular weight is 316 g/mol. The molecule has 0 aliphatic carbocycles. The third-order valence-electron chi connectivity index (χ3n) is 3.20. The summed E-state index contributed by atoms with van der Waals surface area (Å²) in [6, 6.07) is 11.5. The van der Waals surface area contributed by atoms with Gasteiger partial charge in [-0.15, -0.1) is 0 Å². The highest BCUT2D eigenvalue weighted by molar-refractivity contribution is 5.93. The number of amides is 1. The second-order valence-electron chi connectivity index (χ2n) is 4.69. The summed E-state index contributed by atoms with van der Waals surface area (Å²) in [5.41, 5.74) is 0.726. The molecule has 1 amide bonds. The summed E-state index contributed by atoms with van der Waals surface area (Å²) in [6.07, 6.45) is 0. The van der Waals surface area contributed by atoms with Gasteiger partial charge >= 0.3 is 0 Å². The molecule has 0 saturated carbocycles. The lowest BCUT2D eigenvalue weighted by molar-refractivity contribution is -0.385. The smallest absolute Gasteiger partial charge is 0.274 e. The number of benzene rings is 2. The zero-order valence-electron chi connectivity index (χ0n) is 12.7. The second-order valence-corrected chi connectivity index (χ2v) is 4.69. The second kappa shape index (κ2) is 7.26. The molecule has 0 heterocycles. The van der Waals surface area contributed by atoms with Crippen molar-refractivity contribution in [2.24, 2.45) is 0 Å². The van der Waals surface area contributed by atoms with Gasteiger partial charge < -0.3 is 14.8 Å². The SMILES string of the molecule is COc1ccccc1OCC(=O)Nc1cccc([N+](=O)[O-])c1C. The van der Waals surface area contributed by atoms with Crippen LogP contribution in [0.2, 0.25) is 0 Å². The predicted molar refractivity (Wildman–Crippen MR) is 85.0 cm³/mol. The minimum absolute atomic E-state index is 0.0477. The van der Waals surface area contributed by atoms with E-state index in [1.807, 2.05) is 0 Å². The normalized spacial score (nSPS) is 10.0. The topological polar surface area (TPSA) is 90.7 Å². The Balaban J connectivity index is 2.03. The highest BCUT2D eigenvalue weighted by Gasteiger charge is 2.15. The number of ether oxygens (including phenoxy) is 2. The van der Waals surface area contributed by atoms with E-state index in [9.17, 15) is 14.9 Å². The number of nitro groups is 1. The van der Waals surface area contributed by atoms with E-state index < -0.39 is 10.8 Å². The van der Waals surface area contributed by atoms with Gasteiger partial charge in [0.25, 0.3) is 11.6 Å². The third-order valence-corrected chi connectivity index (χ3v) is 3.20. The van der Waals surface area contributed by atoms with E-state index in [2.05, 4.69) is 5.32 Å². The van der Waals surface area contributed by atoms with Crippen molar-refractivity contribution in [3.63, 3.8) is 0 Å². The van der Waals surface area contributed by atoms with Gasteiger partial charge in [-0.2, -0.15) is 0 Å². The molecule has 0 aliphatic rings. The van der Waals surface area contributed by atoms with Crippen LogP contribution in [0.25, 0.3) is 0 Å². The van der Waals surface area contributed by atoms with Gasteiger partial charge in [0.2, 0.25) is 0 Å². The van der Waals surface area contributed by atoms with Crippen LogP contribution >= 0.6 is 0 Å². The number of nitrogens with one attached hydrogen (secondary N) is 1. The van der Waals surface area contributed by atoms with Gasteiger partial charge in [-0.1, -0.05) is 18.2 Å². The van der Waals surface area contributed by atoms with Gasteiger partial charge in [-0.25, -0.2) is 0 Å². The Kier molecular flexibility index (Phi) is 5.14. The fourth-order valence-electron chi connectivity index (χ4n) is 2.02. The molecule has 0 bridgehead atoms. The van der Waals surface area contributed by atoms with Crippen LogP contribution in [0.3, 0.4) is 0 Å². The summed E-state index contributed by atoms with van der Waals surface area (Å²) in [5, 5.41) is 13.5. The molecule has 0 saturated heterocycles. The van der Waals surface area contributed by atoms with Gasteiger partial charge in [0, 0.05) is 6.07 Å². The van der Waals surface area contributed by atoms with E-state index in [-0.39, 0.29) is 12.3 Å². The maximum Gasteiger partial charge on any atom is 0.274 e. The molecular formula is C16H16N2O5. The Morgan fingerprint density at radius 3 is 2.52 bits per heavy atom. The van der Waals surface area contributed by atoms with E-state index in [4.69, 9.17) is 9.47 Å². The molecule has 0 aliphatic heterocycles. The van der Waals surface area contributed by atoms with Gasteiger partial charge in [-0.05, 0) is 25.1 Å². The number of hydrogen-bond acceptors (Lipinski definition) is 5. The standard InChI is InChI=1S/C16H16N2O5/c1-11-12(6-5-7-13(11)18(20)21)17-16(19)10-23-15-9-4-3-8-14(15)22-2/h3-9H,10H2,1-2H3,(H,17,19). The van der Waals surface area contributed by atoms with Crippen LogP contribution in [0.1, 0.15) is 5.56 Å². The summed E-state index contributed by atoms with van der Waals surface area (Å²) in [4.78, 5) is 22.4. The van der Waals surface area contributed by atoms with Gasteiger partial charge in [-0.3, -0.25) is 14.9 Å². The molecule has 0 atom stereocenters. The van der Waals surface area contributed by atoms with Crippen LogP contribution in [0, 0.1) is 17.0 Å². The number of nitrogens with zero attached hydrogens (tertiary/aromatic N) is 1. The Labute approximate surface area is 133 Å². The number of anilines is 1. The largest absolute Gasteiger partial charge is 0.493 e. The van der Waals surface area contributed by atoms with Crippen molar-refractivity contribution in [3.8, 4) is 11.5 Å². The van der Waals surface area contributed by atoms with Crippen molar-refractivity contribution in [1.29, 1.82) is 0 Å². The quantitative estimate of drug-likeness (QED) is 0.653. The lowest BCUT2D eigenvalue weighted by atomic mass is 10.1. The first-order valence-corrected chi connectivity index (χ1v) is 6.82. The van der Waals surface area contributed by atoms with Gasteiger partial charge in [0.1, 0.15) is 0 Å². The lowest BCUT2D eigenvalue weighted by Crippen LogP contribution is -2.21. The number of hydrogen-bond donors (Lipinski definition) is 1. The molecule has 120 valence electrons. The molecule has 0 radical (unpaired) electrons. The first-order chi connectivity index (χ1) is 11.0. The molecule has 0 spiro atoms. The third kappa shape index (κ3) is 3.97. The average Bonchev–Trinajstić information content (AvgIpc) is 2.54. The van der Waals surface area contributed by atoms with Crippen molar-refractivity contribution >= 4 is 17.3 Å². The maximum absolute atomic E-state index is 12.0. The Morgan fingerprint density at radius 2 is 1.87 bits per heavy atom. The molecule has 23 heavy (non-hydrogen) atoms. The van der Waals surface area contributed by atoms with E-state index in [1.54, 1.807) is 37.3 Å². The number of methoxy groups -OCH3 is 1. The Bertz CT molecular complexity index is 730. The zero-order chi connectivity index (χ0) is 16.8. The minimum atomic E-state index is -0.490. The summed E-state index contributed by atoms with van der Waals surface area (Å²) < 4.78 is 10.5. The van der Waals surface area contributed by atoms with Crippen LogP contribution in [0.4, 0.5) is 11.4 Å².